The van der Waals surface area contributed by atoms with Gasteiger partial charge in [-0.2, -0.15) is 26.3 Å². The molecule has 0 aliphatic rings. The van der Waals surface area contributed by atoms with Crippen LogP contribution in [0.15, 0.2) is 24.3 Å². The molecule has 0 saturated carbocycles. The lowest BCUT2D eigenvalue weighted by atomic mass is 9.95. The lowest BCUT2D eigenvalue weighted by molar-refractivity contribution is -0.142. The zero-order valence-electron chi connectivity index (χ0n) is 12.3. The monoisotopic (exact) mass is 413 g/mol. The van der Waals surface area contributed by atoms with Gasteiger partial charge in [-0.05, 0) is 26.0 Å². The number of fused-ring (bicyclic) bond motifs is 1. The average molecular weight is 414 g/mol. The van der Waals surface area contributed by atoms with Crippen LogP contribution in [0.1, 0.15) is 35.5 Å². The second-order valence-electron chi connectivity index (χ2n) is 5.55. The summed E-state index contributed by atoms with van der Waals surface area (Å²) in [6, 6.07) is 3.28. The third-order valence-corrected chi connectivity index (χ3v) is 3.58. The Labute approximate surface area is 141 Å². The number of ketones is 1. The summed E-state index contributed by atoms with van der Waals surface area (Å²) in [5.41, 5.74) is -4.25. The molecule has 130 valence electrons. The largest absolute Gasteiger partial charge is 0.433 e. The van der Waals surface area contributed by atoms with Crippen LogP contribution < -0.4 is 0 Å². The van der Waals surface area contributed by atoms with Crippen molar-refractivity contribution < 1.29 is 31.1 Å². The van der Waals surface area contributed by atoms with E-state index in [9.17, 15) is 31.1 Å². The minimum Gasteiger partial charge on any atom is -0.293 e. The normalized spacial score (nSPS) is 13.4. The van der Waals surface area contributed by atoms with E-state index in [0.29, 0.717) is 12.1 Å². The highest BCUT2D eigenvalue weighted by Gasteiger charge is 2.39. The third-order valence-electron chi connectivity index (χ3n) is 3.22. The minimum atomic E-state index is -4.99. The van der Waals surface area contributed by atoms with Crippen molar-refractivity contribution in [3.05, 3.63) is 41.1 Å². The zero-order chi connectivity index (χ0) is 18.5. The molecular weight excluding hydrogens is 404 g/mol. The molecule has 0 fully saturated rings. The summed E-state index contributed by atoms with van der Waals surface area (Å²) in [6.07, 6.45) is -9.89. The number of nitrogens with zero attached hydrogens (tertiary/aromatic N) is 1. The smallest absolute Gasteiger partial charge is 0.293 e. The Bertz CT molecular complexity index is 804. The summed E-state index contributed by atoms with van der Waals surface area (Å²) in [4.78, 5) is 15.5. The number of halogens is 7. The van der Waals surface area contributed by atoms with Gasteiger partial charge >= 0.3 is 12.4 Å². The lowest BCUT2D eigenvalue weighted by Crippen LogP contribution is -2.25. The van der Waals surface area contributed by atoms with Crippen LogP contribution in [0.3, 0.4) is 0 Å². The molecule has 0 spiro atoms. The molecule has 0 aliphatic heterocycles. The first kappa shape index (κ1) is 18.7. The fraction of sp³-hybridized carbons (Fsp3) is 0.333. The van der Waals surface area contributed by atoms with E-state index in [4.69, 9.17) is 0 Å². The van der Waals surface area contributed by atoms with Crippen LogP contribution in [-0.2, 0) is 12.4 Å². The van der Waals surface area contributed by atoms with Crippen molar-refractivity contribution in [3.63, 3.8) is 0 Å². The number of aromatic nitrogens is 1. The van der Waals surface area contributed by atoms with Gasteiger partial charge in [0.1, 0.15) is 5.69 Å². The third kappa shape index (κ3) is 3.55. The Morgan fingerprint density at radius 2 is 1.62 bits per heavy atom. The van der Waals surface area contributed by atoms with E-state index in [1.54, 1.807) is 0 Å². The van der Waals surface area contributed by atoms with Gasteiger partial charge in [0, 0.05) is 10.9 Å². The number of Topliss-reactive ketones (excluding diaryl/α,β-unsaturated/α-hetero) is 1. The molecule has 0 radical (unpaired) electrons. The minimum absolute atomic E-state index is 0.282. The Kier molecular flexibility index (Phi) is 4.45. The lowest BCUT2D eigenvalue weighted by Gasteiger charge is -2.19. The fourth-order valence-electron chi connectivity index (χ4n) is 2.13. The van der Waals surface area contributed by atoms with Gasteiger partial charge in [0.05, 0.1) is 15.4 Å². The molecule has 9 heteroatoms. The van der Waals surface area contributed by atoms with E-state index in [1.807, 2.05) is 0 Å². The highest BCUT2D eigenvalue weighted by atomic mass is 79.9. The van der Waals surface area contributed by atoms with Gasteiger partial charge in [-0.25, -0.2) is 4.98 Å². The van der Waals surface area contributed by atoms with Crippen molar-refractivity contribution in [1.29, 1.82) is 0 Å². The summed E-state index contributed by atoms with van der Waals surface area (Å²) in [5.74, 6) is -0.778. The molecular formula is C15H10BrF6NO. The topological polar surface area (TPSA) is 30.0 Å². The van der Waals surface area contributed by atoms with Crippen LogP contribution in [0.2, 0.25) is 0 Å². The van der Waals surface area contributed by atoms with E-state index in [-0.39, 0.29) is 5.39 Å². The first-order valence-electron chi connectivity index (χ1n) is 6.55. The Morgan fingerprint density at radius 1 is 1.04 bits per heavy atom. The Balaban J connectivity index is 2.94. The number of carbonyl (C=O) groups is 1. The van der Waals surface area contributed by atoms with Crippen molar-refractivity contribution in [2.45, 2.75) is 30.5 Å². The van der Waals surface area contributed by atoms with Crippen molar-refractivity contribution >= 4 is 32.6 Å². The van der Waals surface area contributed by atoms with Crippen LogP contribution in [0.4, 0.5) is 26.3 Å². The molecule has 2 rings (SSSR count). The molecule has 0 unspecified atom stereocenters. The number of pyridine rings is 1. The van der Waals surface area contributed by atoms with Gasteiger partial charge in [-0.1, -0.05) is 28.1 Å². The summed E-state index contributed by atoms with van der Waals surface area (Å²) < 4.78 is 77.1. The maximum absolute atomic E-state index is 13.1. The summed E-state index contributed by atoms with van der Waals surface area (Å²) in [6.45, 7) is 2.78. The second-order valence-corrected chi connectivity index (χ2v) is 7.54. The summed E-state index contributed by atoms with van der Waals surface area (Å²) in [7, 11) is 0. The van der Waals surface area contributed by atoms with Crippen LogP contribution in [-0.4, -0.2) is 15.1 Å². The van der Waals surface area contributed by atoms with Crippen molar-refractivity contribution in [1.82, 2.24) is 4.98 Å². The Hall–Kier alpha value is -1.64. The summed E-state index contributed by atoms with van der Waals surface area (Å²) in [5, 5.41) is -0.282. The second kappa shape index (κ2) is 5.72. The molecule has 1 aromatic heterocycles. The van der Waals surface area contributed by atoms with E-state index in [0.717, 1.165) is 12.1 Å². The Morgan fingerprint density at radius 3 is 2.08 bits per heavy atom. The number of hydrogen-bond donors (Lipinski definition) is 0. The number of alkyl halides is 7. The molecule has 1 aromatic carbocycles. The number of benzene rings is 1. The first-order chi connectivity index (χ1) is 10.7. The molecule has 2 aromatic rings. The molecule has 0 N–H and O–H groups in total. The molecule has 1 heterocycles. The van der Waals surface area contributed by atoms with Gasteiger partial charge in [0.15, 0.2) is 5.78 Å². The van der Waals surface area contributed by atoms with E-state index < -0.39 is 44.8 Å². The quantitative estimate of drug-likeness (QED) is 0.362. The first-order valence-corrected chi connectivity index (χ1v) is 7.34. The van der Waals surface area contributed by atoms with Crippen molar-refractivity contribution in [3.8, 4) is 0 Å². The van der Waals surface area contributed by atoms with Crippen molar-refractivity contribution in [2.24, 2.45) is 0 Å². The molecule has 0 bridgehead atoms. The van der Waals surface area contributed by atoms with Gasteiger partial charge in [0.25, 0.3) is 0 Å². The highest BCUT2D eigenvalue weighted by molar-refractivity contribution is 9.10. The number of carbonyl (C=O) groups excluding carboxylic acids is 1. The predicted octanol–water partition coefficient (Wildman–Crippen LogP) is 5.63. The van der Waals surface area contributed by atoms with E-state index >= 15 is 0 Å². The van der Waals surface area contributed by atoms with Crippen LogP contribution in [0, 0.1) is 0 Å². The van der Waals surface area contributed by atoms with Gasteiger partial charge in [0.2, 0.25) is 0 Å². The number of hydrogen-bond acceptors (Lipinski definition) is 2. The molecule has 2 nitrogen and oxygen atoms in total. The van der Waals surface area contributed by atoms with E-state index in [2.05, 4.69) is 20.9 Å². The van der Waals surface area contributed by atoms with Gasteiger partial charge < -0.3 is 0 Å². The fourth-order valence-corrected chi connectivity index (χ4v) is 2.34. The molecule has 24 heavy (non-hydrogen) atoms. The maximum atomic E-state index is 13.1. The average Bonchev–Trinajstić information content (AvgIpc) is 2.41. The van der Waals surface area contributed by atoms with Crippen molar-refractivity contribution in [2.75, 3.05) is 0 Å². The molecule has 0 atom stereocenters. The summed E-state index contributed by atoms with van der Waals surface area (Å²) >= 11 is 3.03. The highest BCUT2D eigenvalue weighted by Crippen LogP contribution is 2.38. The molecule has 0 aliphatic carbocycles. The molecule has 0 saturated heterocycles. The maximum Gasteiger partial charge on any atom is 0.433 e. The predicted molar refractivity (Wildman–Crippen MR) is 79.1 cm³/mol. The number of rotatable bonds is 2. The van der Waals surface area contributed by atoms with Gasteiger partial charge in [-0.15, -0.1) is 0 Å². The zero-order valence-corrected chi connectivity index (χ0v) is 13.9. The number of para-hydroxylation sites is 1. The standard InChI is InChI=1S/C15H10BrF6NO/c1-13(2,16)12(24)8-6-10(15(20,21)22)23-11-7(8)4-3-5-9(11)14(17,18)19/h3-6H,1-2H3. The molecule has 0 amide bonds. The van der Waals surface area contributed by atoms with Crippen LogP contribution >= 0.6 is 15.9 Å². The van der Waals surface area contributed by atoms with Crippen LogP contribution in [0.5, 0.6) is 0 Å². The van der Waals surface area contributed by atoms with E-state index in [1.165, 1.54) is 13.8 Å². The SMILES string of the molecule is CC(C)(Br)C(=O)c1cc(C(F)(F)F)nc2c(C(F)(F)F)cccc12. The van der Waals surface area contributed by atoms with Gasteiger partial charge in [-0.3, -0.25) is 4.79 Å². The van der Waals surface area contributed by atoms with Crippen LogP contribution in [0.25, 0.3) is 10.9 Å².